The molecule has 0 amide bonds. The number of benzene rings is 3. The first-order chi connectivity index (χ1) is 16.8. The van der Waals surface area contributed by atoms with E-state index >= 15 is 0 Å². The van der Waals surface area contributed by atoms with Gasteiger partial charge in [-0.25, -0.2) is 9.38 Å². The molecule has 0 atom stereocenters. The fourth-order valence-corrected chi connectivity index (χ4v) is 3.76. The third-order valence-electron chi connectivity index (χ3n) is 5.42. The number of aromatic amines is 1. The highest BCUT2D eigenvalue weighted by atomic mass is 19.1. The molecule has 1 aromatic heterocycles. The summed E-state index contributed by atoms with van der Waals surface area (Å²) in [7, 11) is 3.95. The maximum Gasteiger partial charge on any atom is 0.307 e. The Bertz CT molecular complexity index is 1380. The van der Waals surface area contributed by atoms with E-state index in [9.17, 15) is 19.4 Å². The lowest BCUT2D eigenvalue weighted by Crippen LogP contribution is -2.19. The van der Waals surface area contributed by atoms with E-state index in [2.05, 4.69) is 4.98 Å². The largest absolute Gasteiger partial charge is 0.494 e. The first-order valence-electron chi connectivity index (χ1n) is 11.1. The number of nitrogens with zero attached hydrogens (tertiary/aromatic N) is 2. The standard InChI is InChI=1S/C27H26FN3O4/c1-31(2)12-13-35-21-9-7-20(8-10-21)29-26(18-5-3-4-17(14-18)15-24(32)33)25-22-11-6-19(28)16-23(22)30-27(25)34/h3-11,14,16,30,34H,12-13,15H2,1-2H3,(H,32,33). The van der Waals surface area contributed by atoms with Crippen LogP contribution in [-0.2, 0) is 11.2 Å². The normalized spacial score (nSPS) is 11.8. The smallest absolute Gasteiger partial charge is 0.307 e. The number of aliphatic imine (C=N–C) groups is 1. The number of aromatic nitrogens is 1. The van der Waals surface area contributed by atoms with Gasteiger partial charge in [0.25, 0.3) is 0 Å². The minimum absolute atomic E-state index is 0.148. The Labute approximate surface area is 202 Å². The number of halogens is 1. The van der Waals surface area contributed by atoms with Crippen LogP contribution in [-0.4, -0.2) is 59.0 Å². The van der Waals surface area contributed by atoms with E-state index in [1.807, 2.05) is 31.1 Å². The molecule has 35 heavy (non-hydrogen) atoms. The Kier molecular flexibility index (Phi) is 7.12. The highest BCUT2D eigenvalue weighted by Gasteiger charge is 2.19. The third kappa shape index (κ3) is 5.85. The summed E-state index contributed by atoms with van der Waals surface area (Å²) < 4.78 is 19.5. The third-order valence-corrected chi connectivity index (χ3v) is 5.42. The zero-order valence-electron chi connectivity index (χ0n) is 19.5. The topological polar surface area (TPSA) is 98.2 Å². The summed E-state index contributed by atoms with van der Waals surface area (Å²) in [6.07, 6.45) is -0.148. The lowest BCUT2D eigenvalue weighted by molar-refractivity contribution is -0.136. The Morgan fingerprint density at radius 3 is 2.57 bits per heavy atom. The summed E-state index contributed by atoms with van der Waals surface area (Å²) in [5, 5.41) is 20.6. The van der Waals surface area contributed by atoms with Gasteiger partial charge in [-0.1, -0.05) is 18.2 Å². The van der Waals surface area contributed by atoms with Crippen molar-refractivity contribution in [3.63, 3.8) is 0 Å². The maximum atomic E-state index is 13.8. The molecule has 0 unspecified atom stereocenters. The summed E-state index contributed by atoms with van der Waals surface area (Å²) >= 11 is 0. The van der Waals surface area contributed by atoms with Gasteiger partial charge in [-0.15, -0.1) is 0 Å². The van der Waals surface area contributed by atoms with Crippen LogP contribution < -0.4 is 4.74 Å². The number of rotatable bonds is 9. The van der Waals surface area contributed by atoms with Gasteiger partial charge < -0.3 is 24.8 Å². The van der Waals surface area contributed by atoms with Gasteiger partial charge in [0.15, 0.2) is 5.88 Å². The molecule has 0 aliphatic carbocycles. The summed E-state index contributed by atoms with van der Waals surface area (Å²) in [6, 6.07) is 18.4. The second-order valence-electron chi connectivity index (χ2n) is 8.42. The van der Waals surface area contributed by atoms with Gasteiger partial charge in [-0.2, -0.15) is 0 Å². The number of hydrogen-bond acceptors (Lipinski definition) is 5. The van der Waals surface area contributed by atoms with E-state index in [1.165, 1.54) is 12.1 Å². The Morgan fingerprint density at radius 2 is 1.86 bits per heavy atom. The summed E-state index contributed by atoms with van der Waals surface area (Å²) in [4.78, 5) is 20.9. The van der Waals surface area contributed by atoms with Crippen molar-refractivity contribution in [2.45, 2.75) is 6.42 Å². The van der Waals surface area contributed by atoms with E-state index in [0.29, 0.717) is 51.3 Å². The number of aliphatic carboxylic acids is 1. The number of aromatic hydroxyl groups is 1. The molecule has 0 saturated carbocycles. The molecular weight excluding hydrogens is 449 g/mol. The molecule has 0 bridgehead atoms. The van der Waals surface area contributed by atoms with E-state index < -0.39 is 11.8 Å². The van der Waals surface area contributed by atoms with Crippen molar-refractivity contribution in [2.75, 3.05) is 27.2 Å². The first kappa shape index (κ1) is 24.0. The van der Waals surface area contributed by atoms with Gasteiger partial charge in [0.2, 0.25) is 0 Å². The number of H-pyrrole nitrogens is 1. The monoisotopic (exact) mass is 475 g/mol. The van der Waals surface area contributed by atoms with Crippen LogP contribution in [0, 0.1) is 5.82 Å². The van der Waals surface area contributed by atoms with Crippen LogP contribution in [0.5, 0.6) is 11.6 Å². The minimum Gasteiger partial charge on any atom is -0.494 e. The molecule has 7 nitrogen and oxygen atoms in total. The number of ether oxygens (including phenoxy) is 1. The Hall–Kier alpha value is -4.17. The van der Waals surface area contributed by atoms with Gasteiger partial charge in [-0.3, -0.25) is 4.79 Å². The highest BCUT2D eigenvalue weighted by molar-refractivity contribution is 6.22. The molecule has 3 N–H and O–H groups in total. The molecule has 4 aromatic rings. The number of carbonyl (C=O) groups is 1. The van der Waals surface area contributed by atoms with E-state index in [-0.39, 0.29) is 12.3 Å². The van der Waals surface area contributed by atoms with Crippen molar-refractivity contribution in [3.05, 3.63) is 89.2 Å². The Balaban J connectivity index is 1.78. The molecule has 0 radical (unpaired) electrons. The molecule has 0 aliphatic rings. The van der Waals surface area contributed by atoms with Crippen LogP contribution in [0.3, 0.4) is 0 Å². The average Bonchev–Trinajstić information content (AvgIpc) is 3.12. The van der Waals surface area contributed by atoms with Crippen LogP contribution in [0.4, 0.5) is 10.1 Å². The van der Waals surface area contributed by atoms with Crippen LogP contribution in [0.15, 0.2) is 71.7 Å². The van der Waals surface area contributed by atoms with Crippen molar-refractivity contribution < 1.29 is 24.1 Å². The fraction of sp³-hybridized carbons (Fsp3) is 0.185. The van der Waals surface area contributed by atoms with Crippen molar-refractivity contribution in [2.24, 2.45) is 4.99 Å². The summed E-state index contributed by atoms with van der Waals surface area (Å²) in [5.41, 5.74) is 3.08. The zero-order valence-corrected chi connectivity index (χ0v) is 19.5. The van der Waals surface area contributed by atoms with Crippen LogP contribution in [0.2, 0.25) is 0 Å². The quantitative estimate of drug-likeness (QED) is 0.304. The van der Waals surface area contributed by atoms with Gasteiger partial charge in [0.05, 0.1) is 28.9 Å². The van der Waals surface area contributed by atoms with Crippen LogP contribution >= 0.6 is 0 Å². The molecule has 4 rings (SSSR count). The van der Waals surface area contributed by atoms with Crippen LogP contribution in [0.1, 0.15) is 16.7 Å². The molecule has 180 valence electrons. The summed E-state index contributed by atoms with van der Waals surface area (Å²) in [5.74, 6) is -0.828. The lowest BCUT2D eigenvalue weighted by Gasteiger charge is -2.11. The fourth-order valence-electron chi connectivity index (χ4n) is 3.76. The Morgan fingerprint density at radius 1 is 1.09 bits per heavy atom. The van der Waals surface area contributed by atoms with Gasteiger partial charge >= 0.3 is 5.97 Å². The second-order valence-corrected chi connectivity index (χ2v) is 8.42. The molecule has 0 saturated heterocycles. The lowest BCUT2D eigenvalue weighted by atomic mass is 9.98. The SMILES string of the molecule is CN(C)CCOc1ccc(N=C(c2cccc(CC(=O)O)c2)c2c(O)[nH]c3cc(F)ccc23)cc1. The predicted molar refractivity (Wildman–Crippen MR) is 133 cm³/mol. The molecular formula is C27H26FN3O4. The highest BCUT2D eigenvalue weighted by Crippen LogP contribution is 2.32. The maximum absolute atomic E-state index is 13.8. The van der Waals surface area contributed by atoms with Gasteiger partial charge in [0, 0.05) is 17.5 Å². The molecule has 3 aromatic carbocycles. The molecule has 0 spiro atoms. The van der Waals surface area contributed by atoms with Crippen molar-refractivity contribution in [3.8, 4) is 11.6 Å². The average molecular weight is 476 g/mol. The molecule has 0 aliphatic heterocycles. The number of carboxylic acid groups (broad SMARTS) is 1. The van der Waals surface area contributed by atoms with Crippen molar-refractivity contribution in [1.82, 2.24) is 9.88 Å². The minimum atomic E-state index is -0.948. The number of likely N-dealkylation sites (N-methyl/N-ethyl adjacent to an activating group) is 1. The first-order valence-corrected chi connectivity index (χ1v) is 11.1. The van der Waals surface area contributed by atoms with Gasteiger partial charge in [0.1, 0.15) is 18.2 Å². The second kappa shape index (κ2) is 10.4. The van der Waals surface area contributed by atoms with Crippen molar-refractivity contribution in [1.29, 1.82) is 0 Å². The van der Waals surface area contributed by atoms with Gasteiger partial charge in [-0.05, 0) is 68.2 Å². The predicted octanol–water partition coefficient (Wildman–Crippen LogP) is 4.75. The van der Waals surface area contributed by atoms with Crippen molar-refractivity contribution >= 4 is 28.3 Å². The number of fused-ring (bicyclic) bond motifs is 1. The van der Waals surface area contributed by atoms with E-state index in [0.717, 1.165) is 6.54 Å². The number of hydrogen-bond donors (Lipinski definition) is 3. The molecule has 1 heterocycles. The zero-order chi connectivity index (χ0) is 24.9. The summed E-state index contributed by atoms with van der Waals surface area (Å²) in [6.45, 7) is 1.34. The molecule has 0 fully saturated rings. The number of carboxylic acids is 1. The van der Waals surface area contributed by atoms with E-state index in [4.69, 9.17) is 9.73 Å². The van der Waals surface area contributed by atoms with E-state index in [1.54, 1.807) is 42.5 Å². The number of nitrogens with one attached hydrogen (secondary N) is 1. The van der Waals surface area contributed by atoms with Crippen LogP contribution in [0.25, 0.3) is 10.9 Å². The molecule has 8 heteroatoms.